The van der Waals surface area contributed by atoms with Gasteiger partial charge in [-0.3, -0.25) is 4.90 Å². The summed E-state index contributed by atoms with van der Waals surface area (Å²) in [6, 6.07) is 8.66. The minimum absolute atomic E-state index is 0.171. The topological polar surface area (TPSA) is 81.0 Å². The largest absolute Gasteiger partial charge is 0.493 e. The maximum atomic E-state index is 12.8. The van der Waals surface area contributed by atoms with Crippen LogP contribution in [0.25, 0.3) is 0 Å². The van der Waals surface area contributed by atoms with Crippen LogP contribution in [-0.4, -0.2) is 52.8 Å². The molecule has 0 spiro atoms. The van der Waals surface area contributed by atoms with Crippen molar-refractivity contribution < 1.29 is 22.3 Å². The van der Waals surface area contributed by atoms with Gasteiger partial charge in [0.05, 0.1) is 30.8 Å². The number of fused-ring (bicyclic) bond motifs is 1. The molecule has 1 aromatic carbocycles. The lowest BCUT2D eigenvalue weighted by atomic mass is 10.2. The first-order chi connectivity index (χ1) is 13.0. The summed E-state index contributed by atoms with van der Waals surface area (Å²) in [6.45, 7) is 5.47. The normalized spacial score (nSPS) is 18.9. The molecule has 0 aliphatic carbocycles. The highest BCUT2D eigenvalue weighted by Crippen LogP contribution is 2.28. The molecule has 146 valence electrons. The molecule has 0 saturated carbocycles. The van der Waals surface area contributed by atoms with Crippen molar-refractivity contribution in [2.24, 2.45) is 0 Å². The molecule has 2 aliphatic heterocycles. The molecule has 4 rings (SSSR count). The zero-order chi connectivity index (χ0) is 18.9. The third-order valence-corrected chi connectivity index (χ3v) is 6.44. The van der Waals surface area contributed by atoms with E-state index >= 15 is 0 Å². The molecular weight excluding hydrogens is 368 g/mol. The molecule has 1 saturated heterocycles. The number of furan rings is 1. The standard InChI is InChI=1S/C19H24N2O5S/c1-14-2-4-19(26-14)17(21-7-10-24-11-8-21)13-20-27(22,23)16-3-5-18-15(12-16)6-9-25-18/h2-5,12,17,20H,6-11,13H2,1H3. The SMILES string of the molecule is Cc1ccc(C(CNS(=O)(=O)c2ccc3c(c2)CCO3)N2CCOCC2)o1. The van der Waals surface area contributed by atoms with E-state index in [0.29, 0.717) is 19.8 Å². The third-order valence-electron chi connectivity index (χ3n) is 5.01. The van der Waals surface area contributed by atoms with Crippen LogP contribution in [0.15, 0.2) is 39.6 Å². The van der Waals surface area contributed by atoms with E-state index in [1.807, 2.05) is 19.1 Å². The van der Waals surface area contributed by atoms with Gasteiger partial charge in [-0.1, -0.05) is 0 Å². The van der Waals surface area contributed by atoms with Crippen molar-refractivity contribution in [1.29, 1.82) is 0 Å². The fourth-order valence-corrected chi connectivity index (χ4v) is 4.62. The van der Waals surface area contributed by atoms with Crippen LogP contribution in [0.4, 0.5) is 0 Å². The second-order valence-corrected chi connectivity index (χ2v) is 8.60. The van der Waals surface area contributed by atoms with Gasteiger partial charge in [-0.2, -0.15) is 0 Å². The van der Waals surface area contributed by atoms with Gasteiger partial charge in [-0.15, -0.1) is 0 Å². The Kier molecular flexibility index (Phi) is 5.23. The van der Waals surface area contributed by atoms with Gasteiger partial charge in [-0.25, -0.2) is 13.1 Å². The Morgan fingerprint density at radius 1 is 1.15 bits per heavy atom. The fraction of sp³-hybridized carbons (Fsp3) is 0.474. The Bertz CT molecular complexity index is 903. The van der Waals surface area contributed by atoms with E-state index < -0.39 is 10.0 Å². The van der Waals surface area contributed by atoms with Crippen LogP contribution in [0.3, 0.4) is 0 Å². The highest BCUT2D eigenvalue weighted by atomic mass is 32.2. The van der Waals surface area contributed by atoms with E-state index in [2.05, 4.69) is 9.62 Å². The van der Waals surface area contributed by atoms with Gasteiger partial charge >= 0.3 is 0 Å². The van der Waals surface area contributed by atoms with Crippen molar-refractivity contribution in [3.05, 3.63) is 47.4 Å². The fourth-order valence-electron chi connectivity index (χ4n) is 3.53. The molecule has 1 N–H and O–H groups in total. The van der Waals surface area contributed by atoms with Gasteiger partial charge in [0.2, 0.25) is 10.0 Å². The predicted octanol–water partition coefficient (Wildman–Crippen LogP) is 1.87. The number of nitrogens with zero attached hydrogens (tertiary/aromatic N) is 1. The van der Waals surface area contributed by atoms with Crippen LogP contribution >= 0.6 is 0 Å². The number of sulfonamides is 1. The monoisotopic (exact) mass is 392 g/mol. The molecule has 0 radical (unpaired) electrons. The van der Waals surface area contributed by atoms with E-state index in [1.165, 1.54) is 0 Å². The van der Waals surface area contributed by atoms with Crippen LogP contribution < -0.4 is 9.46 Å². The van der Waals surface area contributed by atoms with Crippen molar-refractivity contribution in [3.8, 4) is 5.75 Å². The van der Waals surface area contributed by atoms with Crippen molar-refractivity contribution in [3.63, 3.8) is 0 Å². The third kappa shape index (κ3) is 4.03. The molecule has 0 amide bonds. The molecule has 8 heteroatoms. The van der Waals surface area contributed by atoms with Crippen LogP contribution in [-0.2, 0) is 21.2 Å². The van der Waals surface area contributed by atoms with Crippen molar-refractivity contribution >= 4 is 10.0 Å². The Balaban J connectivity index is 1.52. The first-order valence-electron chi connectivity index (χ1n) is 9.16. The number of nitrogens with one attached hydrogen (secondary N) is 1. The summed E-state index contributed by atoms with van der Waals surface area (Å²) in [5.41, 5.74) is 0.935. The molecule has 0 bridgehead atoms. The molecule has 7 nitrogen and oxygen atoms in total. The molecule has 27 heavy (non-hydrogen) atoms. The zero-order valence-electron chi connectivity index (χ0n) is 15.3. The molecule has 1 atom stereocenters. The number of ether oxygens (including phenoxy) is 2. The van der Waals surface area contributed by atoms with Crippen molar-refractivity contribution in [2.75, 3.05) is 39.5 Å². The molecule has 2 aromatic rings. The maximum Gasteiger partial charge on any atom is 0.240 e. The van der Waals surface area contributed by atoms with Gasteiger partial charge in [0, 0.05) is 26.1 Å². The van der Waals surface area contributed by atoms with E-state index in [1.54, 1.807) is 18.2 Å². The highest BCUT2D eigenvalue weighted by molar-refractivity contribution is 7.89. The minimum Gasteiger partial charge on any atom is -0.493 e. The Morgan fingerprint density at radius 3 is 2.70 bits per heavy atom. The average molecular weight is 392 g/mol. The number of hydrogen-bond donors (Lipinski definition) is 1. The predicted molar refractivity (Wildman–Crippen MR) is 99.4 cm³/mol. The van der Waals surface area contributed by atoms with Gasteiger partial charge in [0.1, 0.15) is 17.3 Å². The van der Waals surface area contributed by atoms with E-state index in [-0.39, 0.29) is 17.5 Å². The van der Waals surface area contributed by atoms with Gasteiger partial charge in [0.25, 0.3) is 0 Å². The smallest absolute Gasteiger partial charge is 0.240 e. The highest BCUT2D eigenvalue weighted by Gasteiger charge is 2.27. The number of rotatable bonds is 6. The molecule has 1 aromatic heterocycles. The summed E-state index contributed by atoms with van der Waals surface area (Å²) in [7, 11) is -3.62. The molecule has 1 fully saturated rings. The summed E-state index contributed by atoms with van der Waals surface area (Å²) < 4.78 is 45.1. The average Bonchev–Trinajstić information content (AvgIpc) is 3.31. The number of hydrogen-bond acceptors (Lipinski definition) is 6. The van der Waals surface area contributed by atoms with Crippen molar-refractivity contribution in [2.45, 2.75) is 24.3 Å². The summed E-state index contributed by atoms with van der Waals surface area (Å²) >= 11 is 0. The summed E-state index contributed by atoms with van der Waals surface area (Å²) in [6.07, 6.45) is 0.737. The van der Waals surface area contributed by atoms with Crippen LogP contribution in [0.2, 0.25) is 0 Å². The first kappa shape index (κ1) is 18.5. The maximum absolute atomic E-state index is 12.8. The second kappa shape index (κ2) is 7.63. The molecular formula is C19H24N2O5S. The molecule has 1 unspecified atom stereocenters. The second-order valence-electron chi connectivity index (χ2n) is 6.83. The van der Waals surface area contributed by atoms with Gasteiger partial charge in [-0.05, 0) is 42.8 Å². The van der Waals surface area contributed by atoms with Crippen LogP contribution in [0.1, 0.15) is 23.1 Å². The van der Waals surface area contributed by atoms with Crippen LogP contribution in [0, 0.1) is 6.92 Å². The van der Waals surface area contributed by atoms with Gasteiger partial charge < -0.3 is 13.9 Å². The summed E-state index contributed by atoms with van der Waals surface area (Å²) in [4.78, 5) is 2.46. The first-order valence-corrected chi connectivity index (χ1v) is 10.6. The van der Waals surface area contributed by atoms with E-state index in [0.717, 1.165) is 42.3 Å². The molecule has 3 heterocycles. The Morgan fingerprint density at radius 2 is 1.96 bits per heavy atom. The lowest BCUT2D eigenvalue weighted by Crippen LogP contribution is -2.43. The number of aryl methyl sites for hydroxylation is 1. The van der Waals surface area contributed by atoms with Gasteiger partial charge in [0.15, 0.2) is 0 Å². The minimum atomic E-state index is -3.62. The van der Waals surface area contributed by atoms with E-state index in [4.69, 9.17) is 13.9 Å². The lowest BCUT2D eigenvalue weighted by Gasteiger charge is -2.33. The summed E-state index contributed by atoms with van der Waals surface area (Å²) in [5.74, 6) is 2.34. The lowest BCUT2D eigenvalue weighted by molar-refractivity contribution is 0.0127. The number of benzene rings is 1. The summed E-state index contributed by atoms with van der Waals surface area (Å²) in [5, 5.41) is 0. The van der Waals surface area contributed by atoms with E-state index in [9.17, 15) is 8.42 Å². The Hall–Kier alpha value is -1.87. The molecule has 2 aliphatic rings. The zero-order valence-corrected chi connectivity index (χ0v) is 16.1. The van der Waals surface area contributed by atoms with Crippen molar-refractivity contribution in [1.82, 2.24) is 9.62 Å². The quantitative estimate of drug-likeness (QED) is 0.808. The Labute approximate surface area is 159 Å². The van der Waals surface area contributed by atoms with Crippen LogP contribution in [0.5, 0.6) is 5.75 Å². The number of morpholine rings is 1.